The highest BCUT2D eigenvalue weighted by molar-refractivity contribution is 6.30. The summed E-state index contributed by atoms with van der Waals surface area (Å²) < 4.78 is 14.4. The molecule has 2 amide bonds. The summed E-state index contributed by atoms with van der Waals surface area (Å²) in [4.78, 5) is 37.9. The van der Waals surface area contributed by atoms with Crippen molar-refractivity contribution in [3.8, 4) is 11.1 Å². The van der Waals surface area contributed by atoms with Gasteiger partial charge in [-0.25, -0.2) is 4.39 Å². The Labute approximate surface area is 206 Å². The fraction of sp³-hybridized carbons (Fsp3) is 0.222. The molecule has 4 rings (SSSR count). The first-order chi connectivity index (χ1) is 16.8. The van der Waals surface area contributed by atoms with Gasteiger partial charge in [0.25, 0.3) is 11.8 Å². The van der Waals surface area contributed by atoms with Gasteiger partial charge in [0.05, 0.1) is 23.1 Å². The van der Waals surface area contributed by atoms with Crippen molar-refractivity contribution in [2.24, 2.45) is 5.92 Å². The second kappa shape index (κ2) is 10.4. The van der Waals surface area contributed by atoms with Gasteiger partial charge in [-0.1, -0.05) is 41.9 Å². The molecule has 3 aromatic carbocycles. The molecule has 0 radical (unpaired) electrons. The Hall–Kier alpha value is -3.55. The van der Waals surface area contributed by atoms with E-state index in [9.17, 15) is 29.0 Å². The van der Waals surface area contributed by atoms with Crippen LogP contribution in [-0.2, 0) is 11.2 Å². The maximum atomic E-state index is 14.4. The van der Waals surface area contributed by atoms with E-state index in [1.165, 1.54) is 6.07 Å². The summed E-state index contributed by atoms with van der Waals surface area (Å²) in [6.45, 7) is -0.138. The van der Waals surface area contributed by atoms with Gasteiger partial charge in [0.15, 0.2) is 0 Å². The number of aliphatic hydroxyl groups excluding tert-OH is 1. The largest absolute Gasteiger partial charge is 0.481 e. The van der Waals surface area contributed by atoms with E-state index in [1.54, 1.807) is 48.5 Å². The molecule has 0 bridgehead atoms. The number of hydrogen-bond acceptors (Lipinski definition) is 4. The summed E-state index contributed by atoms with van der Waals surface area (Å²) in [6.07, 6.45) is -1.29. The molecule has 2 atom stereocenters. The van der Waals surface area contributed by atoms with Crippen LogP contribution in [0.25, 0.3) is 11.1 Å². The highest BCUT2D eigenvalue weighted by Crippen LogP contribution is 2.27. The van der Waals surface area contributed by atoms with Crippen molar-refractivity contribution in [1.82, 2.24) is 4.90 Å². The smallest absolute Gasteiger partial charge is 0.309 e. The van der Waals surface area contributed by atoms with Crippen molar-refractivity contribution < 1.29 is 29.0 Å². The lowest BCUT2D eigenvalue weighted by atomic mass is 9.92. The fourth-order valence-corrected chi connectivity index (χ4v) is 4.41. The summed E-state index contributed by atoms with van der Waals surface area (Å²) in [5, 5.41) is 20.9. The summed E-state index contributed by atoms with van der Waals surface area (Å²) in [6, 6.07) is 18.1. The van der Waals surface area contributed by atoms with Crippen molar-refractivity contribution >= 4 is 29.4 Å². The number of aliphatic hydroxyl groups is 1. The minimum atomic E-state index is -1.29. The summed E-state index contributed by atoms with van der Waals surface area (Å²) in [5.41, 5.74) is 2.52. The number of fused-ring (bicyclic) bond motifs is 1. The van der Waals surface area contributed by atoms with Gasteiger partial charge in [-0.3, -0.25) is 19.3 Å². The predicted molar refractivity (Wildman–Crippen MR) is 129 cm³/mol. The number of carboxylic acid groups (broad SMARTS) is 1. The Morgan fingerprint density at radius 2 is 1.51 bits per heavy atom. The third-order valence-electron chi connectivity index (χ3n) is 6.26. The maximum absolute atomic E-state index is 14.4. The molecule has 8 heteroatoms. The highest BCUT2D eigenvalue weighted by atomic mass is 35.5. The van der Waals surface area contributed by atoms with E-state index >= 15 is 0 Å². The van der Waals surface area contributed by atoms with Crippen molar-refractivity contribution in [3.05, 3.63) is 94.3 Å². The van der Waals surface area contributed by atoms with Crippen molar-refractivity contribution in [1.29, 1.82) is 0 Å². The van der Waals surface area contributed by atoms with E-state index in [2.05, 4.69) is 0 Å². The summed E-state index contributed by atoms with van der Waals surface area (Å²) in [7, 11) is 0. The Bertz CT molecular complexity index is 1240. The lowest BCUT2D eigenvalue weighted by Crippen LogP contribution is -2.36. The molecule has 1 aliphatic rings. The van der Waals surface area contributed by atoms with E-state index in [4.69, 9.17) is 11.6 Å². The van der Waals surface area contributed by atoms with Crippen LogP contribution in [0.1, 0.15) is 39.1 Å². The van der Waals surface area contributed by atoms with Gasteiger partial charge in [0.1, 0.15) is 5.82 Å². The minimum absolute atomic E-state index is 0.0000756. The van der Waals surface area contributed by atoms with Crippen LogP contribution in [-0.4, -0.2) is 45.5 Å². The van der Waals surface area contributed by atoms with Gasteiger partial charge in [0.2, 0.25) is 0 Å². The predicted octanol–water partition coefficient (Wildman–Crippen LogP) is 4.83. The number of aryl methyl sites for hydroxylation is 1. The number of carbonyl (C=O) groups is 3. The maximum Gasteiger partial charge on any atom is 0.309 e. The van der Waals surface area contributed by atoms with Crippen molar-refractivity contribution in [2.75, 3.05) is 6.54 Å². The molecule has 0 spiro atoms. The molecule has 6 nitrogen and oxygen atoms in total. The van der Waals surface area contributed by atoms with Crippen LogP contribution in [0.3, 0.4) is 0 Å². The summed E-state index contributed by atoms with van der Waals surface area (Å²) >= 11 is 5.93. The molecule has 0 aliphatic carbocycles. The van der Waals surface area contributed by atoms with E-state index in [-0.39, 0.29) is 36.9 Å². The molecule has 0 saturated carbocycles. The van der Waals surface area contributed by atoms with Crippen LogP contribution in [0.15, 0.2) is 66.7 Å². The Kier molecular flexibility index (Phi) is 7.28. The van der Waals surface area contributed by atoms with Crippen molar-refractivity contribution in [3.63, 3.8) is 0 Å². The molecule has 1 aliphatic heterocycles. The average molecular weight is 496 g/mol. The third kappa shape index (κ3) is 5.26. The number of rotatable bonds is 9. The SMILES string of the molecule is O=C(O)[C@H](CCN1C(=O)c2ccccc2C1=O)[C@H](O)CCc1cc(-c2ccc(Cl)cc2)ccc1F. The number of benzene rings is 3. The topological polar surface area (TPSA) is 94.9 Å². The van der Waals surface area contributed by atoms with Gasteiger partial charge >= 0.3 is 5.97 Å². The normalized spacial score (nSPS) is 14.7. The Balaban J connectivity index is 1.41. The van der Waals surface area contributed by atoms with Crippen LogP contribution in [0, 0.1) is 11.7 Å². The average Bonchev–Trinajstić information content (AvgIpc) is 3.09. The Morgan fingerprint density at radius 1 is 0.914 bits per heavy atom. The molecule has 0 fully saturated rings. The van der Waals surface area contributed by atoms with Crippen LogP contribution in [0.4, 0.5) is 4.39 Å². The fourth-order valence-electron chi connectivity index (χ4n) is 4.28. The van der Waals surface area contributed by atoms with Crippen molar-refractivity contribution in [2.45, 2.75) is 25.4 Å². The zero-order valence-electron chi connectivity index (χ0n) is 18.7. The number of carbonyl (C=O) groups excluding carboxylic acids is 2. The number of nitrogens with zero attached hydrogens (tertiary/aromatic N) is 1. The summed E-state index contributed by atoms with van der Waals surface area (Å²) in [5.74, 6) is -3.88. The first-order valence-corrected chi connectivity index (χ1v) is 11.5. The standard InChI is InChI=1S/C27H23ClFNO5/c28-19-9-5-16(6-10-19)17-7-11-23(29)18(15-17)8-12-24(31)22(27(34)35)13-14-30-25(32)20-3-1-2-4-21(20)26(30)33/h1-7,9-11,15,22,24,31H,8,12-14H2,(H,34,35)/t22-,24-/m1/s1. The number of carboxylic acids is 1. The monoisotopic (exact) mass is 495 g/mol. The zero-order chi connectivity index (χ0) is 25.1. The molecular weight excluding hydrogens is 473 g/mol. The van der Waals surface area contributed by atoms with E-state index in [1.807, 2.05) is 12.1 Å². The van der Waals surface area contributed by atoms with Gasteiger partial charge in [-0.05, 0) is 72.4 Å². The van der Waals surface area contributed by atoms with E-state index < -0.39 is 35.6 Å². The molecule has 0 saturated heterocycles. The van der Waals surface area contributed by atoms with Gasteiger partial charge < -0.3 is 10.2 Å². The second-order valence-electron chi connectivity index (χ2n) is 8.46. The number of imide groups is 1. The zero-order valence-corrected chi connectivity index (χ0v) is 19.4. The quantitative estimate of drug-likeness (QED) is 0.415. The number of amides is 2. The second-order valence-corrected chi connectivity index (χ2v) is 8.90. The molecule has 35 heavy (non-hydrogen) atoms. The van der Waals surface area contributed by atoms with Gasteiger partial charge in [-0.2, -0.15) is 0 Å². The van der Waals surface area contributed by atoms with E-state index in [0.717, 1.165) is 16.0 Å². The Morgan fingerprint density at radius 3 is 2.11 bits per heavy atom. The molecule has 1 heterocycles. The highest BCUT2D eigenvalue weighted by Gasteiger charge is 2.36. The molecule has 0 unspecified atom stereocenters. The first kappa shape index (κ1) is 24.6. The van der Waals surface area contributed by atoms with Gasteiger partial charge in [-0.15, -0.1) is 0 Å². The van der Waals surface area contributed by atoms with E-state index in [0.29, 0.717) is 10.6 Å². The lowest BCUT2D eigenvalue weighted by Gasteiger charge is -2.22. The molecule has 2 N–H and O–H groups in total. The first-order valence-electron chi connectivity index (χ1n) is 11.2. The van der Waals surface area contributed by atoms with Crippen LogP contribution in [0.2, 0.25) is 5.02 Å². The number of halogens is 2. The third-order valence-corrected chi connectivity index (χ3v) is 6.51. The van der Waals surface area contributed by atoms with Crippen LogP contribution >= 0.6 is 11.6 Å². The minimum Gasteiger partial charge on any atom is -0.481 e. The van der Waals surface area contributed by atoms with Crippen LogP contribution < -0.4 is 0 Å². The molecular formula is C27H23ClFNO5. The number of aliphatic carboxylic acids is 1. The van der Waals surface area contributed by atoms with Crippen LogP contribution in [0.5, 0.6) is 0 Å². The molecule has 180 valence electrons. The molecule has 0 aromatic heterocycles. The number of hydrogen-bond donors (Lipinski definition) is 2. The lowest BCUT2D eigenvalue weighted by molar-refractivity contribution is -0.146. The molecule has 3 aromatic rings. The van der Waals surface area contributed by atoms with Gasteiger partial charge in [0, 0.05) is 11.6 Å².